The normalized spacial score (nSPS) is 15.1. The lowest BCUT2D eigenvalue weighted by Crippen LogP contribution is -2.33. The van der Waals surface area contributed by atoms with Gasteiger partial charge in [-0.3, -0.25) is 4.79 Å². The monoisotopic (exact) mass is 500 g/mol. The fraction of sp³-hybridized carbons (Fsp3) is 0.379. The number of aromatic nitrogens is 2. The Morgan fingerprint density at radius 2 is 1.94 bits per heavy atom. The quantitative estimate of drug-likeness (QED) is 0.370. The second-order valence-electron chi connectivity index (χ2n) is 9.77. The molecule has 186 valence electrons. The maximum Gasteiger partial charge on any atom is 0.220 e. The molecule has 7 heteroatoms. The van der Waals surface area contributed by atoms with Crippen molar-refractivity contribution in [3.63, 3.8) is 0 Å². The van der Waals surface area contributed by atoms with E-state index in [0.717, 1.165) is 56.0 Å². The fourth-order valence-electron chi connectivity index (χ4n) is 5.66. The van der Waals surface area contributed by atoms with Gasteiger partial charge in [0.25, 0.3) is 0 Å². The predicted molar refractivity (Wildman–Crippen MR) is 145 cm³/mol. The van der Waals surface area contributed by atoms with Gasteiger partial charge in [-0.1, -0.05) is 0 Å². The van der Waals surface area contributed by atoms with Crippen molar-refractivity contribution in [3.8, 4) is 22.7 Å². The van der Waals surface area contributed by atoms with Gasteiger partial charge in [0.1, 0.15) is 5.75 Å². The van der Waals surface area contributed by atoms with Gasteiger partial charge in [-0.2, -0.15) is 0 Å². The summed E-state index contributed by atoms with van der Waals surface area (Å²) in [6, 6.07) is 15.2. The molecule has 6 rings (SSSR count). The summed E-state index contributed by atoms with van der Waals surface area (Å²) in [4.78, 5) is 19.6. The molecule has 1 amide bonds. The molecule has 0 atom stereocenters. The van der Waals surface area contributed by atoms with Gasteiger partial charge in [0.05, 0.1) is 28.5 Å². The van der Waals surface area contributed by atoms with Crippen molar-refractivity contribution in [3.05, 3.63) is 64.8 Å². The molecule has 6 nitrogen and oxygen atoms in total. The summed E-state index contributed by atoms with van der Waals surface area (Å²) in [5.74, 6) is 1.02. The van der Waals surface area contributed by atoms with Crippen LogP contribution in [-0.2, 0) is 24.1 Å². The number of likely N-dealkylation sites (tertiary alicyclic amines) is 1. The maximum atomic E-state index is 12.7. The van der Waals surface area contributed by atoms with Crippen LogP contribution in [0.3, 0.4) is 0 Å². The Bertz CT molecular complexity index is 1400. The van der Waals surface area contributed by atoms with E-state index in [1.54, 1.807) is 18.4 Å². The minimum Gasteiger partial charge on any atom is -0.497 e. The Morgan fingerprint density at radius 3 is 2.81 bits per heavy atom. The number of aryl methyl sites for hydroxylation is 3. The van der Waals surface area contributed by atoms with Crippen molar-refractivity contribution in [1.29, 1.82) is 0 Å². The van der Waals surface area contributed by atoms with Crippen LogP contribution >= 0.6 is 11.3 Å². The number of fused-ring (bicyclic) bond motifs is 4. The highest BCUT2D eigenvalue weighted by molar-refractivity contribution is 7.16. The van der Waals surface area contributed by atoms with Crippen LogP contribution in [0.15, 0.2) is 48.0 Å². The average Bonchev–Trinajstić information content (AvgIpc) is 3.66. The molecule has 0 saturated carbocycles. The van der Waals surface area contributed by atoms with Crippen LogP contribution in [0.1, 0.15) is 36.1 Å². The summed E-state index contributed by atoms with van der Waals surface area (Å²) >= 11 is 1.66. The van der Waals surface area contributed by atoms with Gasteiger partial charge in [0.2, 0.25) is 5.91 Å². The molecule has 2 aromatic heterocycles. The van der Waals surface area contributed by atoms with Gasteiger partial charge in [-0.25, -0.2) is 4.98 Å². The summed E-state index contributed by atoms with van der Waals surface area (Å²) in [6.07, 6.45) is 5.72. The van der Waals surface area contributed by atoms with E-state index < -0.39 is 0 Å². The zero-order chi connectivity index (χ0) is 24.5. The maximum absolute atomic E-state index is 12.7. The van der Waals surface area contributed by atoms with Crippen molar-refractivity contribution in [2.75, 3.05) is 33.3 Å². The number of nitrogens with zero attached hydrogens (tertiary/aromatic N) is 3. The SMILES string of the molecule is COc1ccc2c(c1)CCc1cc(CCC(=O)NCCN3CCCC3)n(-c3ccc4ncsc4c3)c1-2. The lowest BCUT2D eigenvalue weighted by atomic mass is 9.90. The summed E-state index contributed by atoms with van der Waals surface area (Å²) in [5.41, 5.74) is 10.4. The zero-order valence-electron chi connectivity index (χ0n) is 20.8. The third-order valence-corrected chi connectivity index (χ3v) is 8.31. The standard InChI is InChI=1S/C29H32N4O2S/c1-35-24-8-9-25-20(17-24)4-5-21-16-22(7-11-28(34)30-12-15-32-13-2-3-14-32)33(29(21)25)23-6-10-26-27(18-23)36-19-31-26/h6,8-10,16-19H,2-5,7,11-15H2,1H3,(H,30,34). The van der Waals surface area contributed by atoms with Gasteiger partial charge in [-0.15, -0.1) is 11.3 Å². The van der Waals surface area contributed by atoms with Crippen molar-refractivity contribution in [2.24, 2.45) is 0 Å². The molecule has 0 bridgehead atoms. The van der Waals surface area contributed by atoms with Crippen LogP contribution < -0.4 is 10.1 Å². The lowest BCUT2D eigenvalue weighted by molar-refractivity contribution is -0.121. The van der Waals surface area contributed by atoms with Crippen molar-refractivity contribution >= 4 is 27.5 Å². The number of thiazole rings is 1. The Morgan fingerprint density at radius 1 is 1.08 bits per heavy atom. The molecular formula is C29H32N4O2S. The molecule has 1 saturated heterocycles. The van der Waals surface area contributed by atoms with Crippen LogP contribution in [0.25, 0.3) is 27.2 Å². The number of amides is 1. The number of hydrogen-bond donors (Lipinski definition) is 1. The first-order valence-corrected chi connectivity index (χ1v) is 13.8. The van der Waals surface area contributed by atoms with Gasteiger partial charge >= 0.3 is 0 Å². The highest BCUT2D eigenvalue weighted by atomic mass is 32.1. The number of rotatable bonds is 8. The molecule has 1 N–H and O–H groups in total. The van der Waals surface area contributed by atoms with E-state index in [-0.39, 0.29) is 5.91 Å². The number of hydrogen-bond acceptors (Lipinski definition) is 5. The summed E-state index contributed by atoms with van der Waals surface area (Å²) in [7, 11) is 1.72. The van der Waals surface area contributed by atoms with E-state index in [1.165, 1.54) is 45.6 Å². The van der Waals surface area contributed by atoms with E-state index >= 15 is 0 Å². The van der Waals surface area contributed by atoms with E-state index in [2.05, 4.69) is 56.2 Å². The molecule has 0 radical (unpaired) electrons. The van der Waals surface area contributed by atoms with Gasteiger partial charge in [0, 0.05) is 36.5 Å². The summed E-state index contributed by atoms with van der Waals surface area (Å²) < 4.78 is 9.04. The molecule has 1 aliphatic carbocycles. The first-order chi connectivity index (χ1) is 17.7. The molecule has 2 aliphatic rings. The van der Waals surface area contributed by atoms with E-state index in [0.29, 0.717) is 12.8 Å². The van der Waals surface area contributed by atoms with Crippen LogP contribution in [-0.4, -0.2) is 53.6 Å². The molecule has 2 aromatic carbocycles. The third kappa shape index (κ3) is 4.53. The topological polar surface area (TPSA) is 59.4 Å². The predicted octanol–water partition coefficient (Wildman–Crippen LogP) is 5.01. The minimum absolute atomic E-state index is 0.128. The Labute approximate surface area is 215 Å². The molecule has 1 fully saturated rings. The molecule has 0 unspecified atom stereocenters. The molecule has 4 aromatic rings. The largest absolute Gasteiger partial charge is 0.497 e. The fourth-order valence-corrected chi connectivity index (χ4v) is 6.37. The van der Waals surface area contributed by atoms with Crippen molar-refractivity contribution in [1.82, 2.24) is 19.8 Å². The highest BCUT2D eigenvalue weighted by Gasteiger charge is 2.25. The van der Waals surface area contributed by atoms with Gasteiger partial charge in [-0.05, 0) is 98.8 Å². The second kappa shape index (κ2) is 10.1. The smallest absolute Gasteiger partial charge is 0.220 e. The van der Waals surface area contributed by atoms with E-state index in [4.69, 9.17) is 4.74 Å². The number of ether oxygens (including phenoxy) is 1. The van der Waals surface area contributed by atoms with E-state index in [1.807, 2.05) is 11.6 Å². The summed E-state index contributed by atoms with van der Waals surface area (Å²) in [5, 5.41) is 3.14. The first kappa shape index (κ1) is 23.3. The van der Waals surface area contributed by atoms with Crippen LogP contribution in [0.2, 0.25) is 0 Å². The Hall–Kier alpha value is -3.16. The first-order valence-electron chi connectivity index (χ1n) is 12.9. The number of carbonyl (C=O) groups excluding carboxylic acids is 1. The number of carbonyl (C=O) groups is 1. The minimum atomic E-state index is 0.128. The average molecular weight is 501 g/mol. The van der Waals surface area contributed by atoms with Gasteiger partial charge in [0.15, 0.2) is 0 Å². The van der Waals surface area contributed by atoms with Crippen molar-refractivity contribution in [2.45, 2.75) is 38.5 Å². The summed E-state index contributed by atoms with van der Waals surface area (Å²) in [6.45, 7) is 4.00. The molecule has 1 aliphatic heterocycles. The molecule has 36 heavy (non-hydrogen) atoms. The Kier molecular flexibility index (Phi) is 6.50. The second-order valence-corrected chi connectivity index (χ2v) is 10.7. The molecule has 3 heterocycles. The zero-order valence-corrected chi connectivity index (χ0v) is 21.6. The van der Waals surface area contributed by atoms with Crippen molar-refractivity contribution < 1.29 is 9.53 Å². The van der Waals surface area contributed by atoms with Crippen LogP contribution in [0.5, 0.6) is 5.75 Å². The van der Waals surface area contributed by atoms with Crippen LogP contribution in [0.4, 0.5) is 0 Å². The molecular weight excluding hydrogens is 468 g/mol. The number of methoxy groups -OCH3 is 1. The molecule has 0 spiro atoms. The lowest BCUT2D eigenvalue weighted by Gasteiger charge is -2.21. The number of nitrogens with one attached hydrogen (secondary N) is 1. The van der Waals surface area contributed by atoms with E-state index in [9.17, 15) is 4.79 Å². The number of benzene rings is 2. The Balaban J connectivity index is 1.30. The van der Waals surface area contributed by atoms with Crippen LogP contribution in [0, 0.1) is 0 Å². The highest BCUT2D eigenvalue weighted by Crippen LogP contribution is 2.40. The van der Waals surface area contributed by atoms with Gasteiger partial charge < -0.3 is 19.5 Å². The third-order valence-electron chi connectivity index (χ3n) is 7.52.